The van der Waals surface area contributed by atoms with Crippen LogP contribution in [0.2, 0.25) is 4.34 Å². The van der Waals surface area contributed by atoms with E-state index in [2.05, 4.69) is 17.3 Å². The Balaban J connectivity index is 1.49. The first-order chi connectivity index (χ1) is 16.2. The average Bonchev–Trinajstić information content (AvgIpc) is 3.50. The van der Waals surface area contributed by atoms with E-state index in [1.807, 2.05) is 6.07 Å². The van der Waals surface area contributed by atoms with Gasteiger partial charge in [0.1, 0.15) is 6.61 Å². The van der Waals surface area contributed by atoms with Crippen molar-refractivity contribution >= 4 is 52.2 Å². The largest absolute Gasteiger partial charge is 0.447 e. The highest BCUT2D eigenvalue weighted by Gasteiger charge is 2.38. The molecule has 1 N–H and O–H groups in total. The zero-order valence-corrected chi connectivity index (χ0v) is 21.9. The van der Waals surface area contributed by atoms with Crippen molar-refractivity contribution in [3.8, 4) is 0 Å². The molecular weight excluding hydrogens is 496 g/mol. The van der Waals surface area contributed by atoms with Gasteiger partial charge in [0, 0.05) is 44.6 Å². The van der Waals surface area contributed by atoms with Crippen LogP contribution in [-0.4, -0.2) is 92.1 Å². The highest BCUT2D eigenvalue weighted by molar-refractivity contribution is 7.18. The van der Waals surface area contributed by atoms with Crippen LogP contribution in [0.5, 0.6) is 0 Å². The van der Waals surface area contributed by atoms with Crippen molar-refractivity contribution in [2.45, 2.75) is 31.3 Å². The van der Waals surface area contributed by atoms with Gasteiger partial charge in [0.15, 0.2) is 0 Å². The van der Waals surface area contributed by atoms with Crippen molar-refractivity contribution in [2.75, 3.05) is 47.4 Å². The lowest BCUT2D eigenvalue weighted by molar-refractivity contribution is 0.0602. The van der Waals surface area contributed by atoms with E-state index in [0.717, 1.165) is 25.9 Å². The van der Waals surface area contributed by atoms with Gasteiger partial charge in [0.05, 0.1) is 20.1 Å². The summed E-state index contributed by atoms with van der Waals surface area (Å²) >= 11 is 8.74. The predicted molar refractivity (Wildman–Crippen MR) is 134 cm³/mol. The molecule has 0 saturated carbocycles. The topological polar surface area (TPSA) is 82.2 Å². The zero-order chi connectivity index (χ0) is 24.4. The molecule has 4 rings (SSSR count). The highest BCUT2D eigenvalue weighted by Crippen LogP contribution is 2.30. The standard InChI is InChI=1S/C23H29ClN4O4S2/c1-26(2)23(31)32-13-16-11-15(25-21(29)18-4-5-20(24)34-18)12-28(16)22(30)19-10-14-6-8-27(3)9-7-17(14)33-19/h4-5,10,15-16H,6-9,11-13H2,1-3H3,(H,25,29)/t15-,16+/m1/s1. The van der Waals surface area contributed by atoms with Gasteiger partial charge in [-0.15, -0.1) is 22.7 Å². The number of hydrogen-bond acceptors (Lipinski definition) is 7. The van der Waals surface area contributed by atoms with Crippen LogP contribution in [0, 0.1) is 0 Å². The van der Waals surface area contributed by atoms with Crippen molar-refractivity contribution in [2.24, 2.45) is 0 Å². The van der Waals surface area contributed by atoms with Gasteiger partial charge in [-0.05, 0) is 50.1 Å². The molecule has 8 nitrogen and oxygen atoms in total. The molecule has 0 unspecified atom stereocenters. The number of carbonyl (C=O) groups excluding carboxylic acids is 3. The van der Waals surface area contributed by atoms with Crippen LogP contribution in [0.3, 0.4) is 0 Å². The number of likely N-dealkylation sites (N-methyl/N-ethyl adjacent to an activating group) is 1. The summed E-state index contributed by atoms with van der Waals surface area (Å²) in [5.41, 5.74) is 1.24. The Morgan fingerprint density at radius 2 is 1.94 bits per heavy atom. The molecule has 1 saturated heterocycles. The predicted octanol–water partition coefficient (Wildman–Crippen LogP) is 3.20. The van der Waals surface area contributed by atoms with Crippen LogP contribution >= 0.6 is 34.3 Å². The van der Waals surface area contributed by atoms with Gasteiger partial charge in [-0.2, -0.15) is 0 Å². The summed E-state index contributed by atoms with van der Waals surface area (Å²) in [4.78, 5) is 46.1. The minimum atomic E-state index is -0.458. The third-order valence-electron chi connectivity index (χ3n) is 6.16. The molecule has 0 aromatic carbocycles. The van der Waals surface area contributed by atoms with Crippen molar-refractivity contribution in [3.63, 3.8) is 0 Å². The van der Waals surface area contributed by atoms with E-state index >= 15 is 0 Å². The summed E-state index contributed by atoms with van der Waals surface area (Å²) in [6.45, 7) is 2.40. The molecule has 3 amide bonds. The monoisotopic (exact) mass is 524 g/mol. The molecule has 2 atom stereocenters. The zero-order valence-electron chi connectivity index (χ0n) is 19.5. The lowest BCUT2D eigenvalue weighted by Crippen LogP contribution is -2.40. The van der Waals surface area contributed by atoms with Crippen LogP contribution in [0.25, 0.3) is 0 Å². The van der Waals surface area contributed by atoms with Crippen molar-refractivity contribution in [1.29, 1.82) is 0 Å². The fraction of sp³-hybridized carbons (Fsp3) is 0.522. The van der Waals surface area contributed by atoms with E-state index in [9.17, 15) is 14.4 Å². The molecule has 184 valence electrons. The van der Waals surface area contributed by atoms with Gasteiger partial charge in [0.25, 0.3) is 11.8 Å². The third kappa shape index (κ3) is 5.73. The second-order valence-corrected chi connectivity index (χ2v) is 11.8. The van der Waals surface area contributed by atoms with E-state index in [-0.39, 0.29) is 30.5 Å². The maximum absolute atomic E-state index is 13.6. The highest BCUT2D eigenvalue weighted by atomic mass is 35.5. The number of thiophene rings is 2. The number of nitrogens with one attached hydrogen (secondary N) is 1. The smallest absolute Gasteiger partial charge is 0.409 e. The molecule has 2 aliphatic rings. The van der Waals surface area contributed by atoms with Gasteiger partial charge in [-0.25, -0.2) is 4.79 Å². The number of nitrogens with zero attached hydrogens (tertiary/aromatic N) is 3. The first-order valence-corrected chi connectivity index (χ1v) is 13.2. The first kappa shape index (κ1) is 25.0. The fourth-order valence-electron chi connectivity index (χ4n) is 4.27. The number of rotatable bonds is 5. The van der Waals surface area contributed by atoms with Gasteiger partial charge in [0.2, 0.25) is 0 Å². The van der Waals surface area contributed by atoms with Gasteiger partial charge in [-0.1, -0.05) is 11.6 Å². The summed E-state index contributed by atoms with van der Waals surface area (Å²) in [6, 6.07) is 4.83. The first-order valence-electron chi connectivity index (χ1n) is 11.2. The van der Waals surface area contributed by atoms with E-state index in [1.165, 1.54) is 26.7 Å². The Labute approximate surface area is 212 Å². The van der Waals surface area contributed by atoms with Crippen molar-refractivity contribution in [3.05, 3.63) is 42.7 Å². The van der Waals surface area contributed by atoms with E-state index < -0.39 is 6.09 Å². The molecule has 11 heteroatoms. The summed E-state index contributed by atoms with van der Waals surface area (Å²) in [6.07, 6.45) is 1.92. The van der Waals surface area contributed by atoms with E-state index in [1.54, 1.807) is 42.5 Å². The Kier molecular flexibility index (Phi) is 7.81. The van der Waals surface area contributed by atoms with Gasteiger partial charge < -0.3 is 24.8 Å². The second kappa shape index (κ2) is 10.6. The van der Waals surface area contributed by atoms with Crippen molar-refractivity contribution < 1.29 is 19.1 Å². The van der Waals surface area contributed by atoms with Crippen LogP contribution in [0.1, 0.15) is 36.2 Å². The summed E-state index contributed by atoms with van der Waals surface area (Å²) in [5.74, 6) is -0.291. The molecular formula is C23H29ClN4O4S2. The summed E-state index contributed by atoms with van der Waals surface area (Å²) < 4.78 is 5.96. The van der Waals surface area contributed by atoms with E-state index in [4.69, 9.17) is 16.3 Å². The van der Waals surface area contributed by atoms with Gasteiger partial charge >= 0.3 is 6.09 Å². The minimum absolute atomic E-state index is 0.0757. The summed E-state index contributed by atoms with van der Waals surface area (Å²) in [7, 11) is 5.35. The van der Waals surface area contributed by atoms with Crippen LogP contribution in [-0.2, 0) is 17.6 Å². The molecule has 4 heterocycles. The van der Waals surface area contributed by atoms with Crippen molar-refractivity contribution in [1.82, 2.24) is 20.0 Å². The molecule has 1 fully saturated rings. The molecule has 34 heavy (non-hydrogen) atoms. The Morgan fingerprint density at radius 3 is 2.65 bits per heavy atom. The maximum Gasteiger partial charge on any atom is 0.409 e. The maximum atomic E-state index is 13.6. The molecule has 0 spiro atoms. The molecule has 2 aliphatic heterocycles. The van der Waals surface area contributed by atoms with Gasteiger partial charge in [-0.3, -0.25) is 9.59 Å². The number of amides is 3. The lowest BCUT2D eigenvalue weighted by Gasteiger charge is -2.24. The molecule has 2 aromatic heterocycles. The second-order valence-electron chi connectivity index (χ2n) is 8.95. The number of halogens is 1. The minimum Gasteiger partial charge on any atom is -0.447 e. The number of likely N-dealkylation sites (tertiary alicyclic amines) is 1. The number of hydrogen-bond donors (Lipinski definition) is 1. The molecule has 0 radical (unpaired) electrons. The molecule has 0 bridgehead atoms. The Bertz CT molecular complexity index is 1040. The number of ether oxygens (including phenoxy) is 1. The van der Waals surface area contributed by atoms with Crippen LogP contribution < -0.4 is 5.32 Å². The average molecular weight is 525 g/mol. The summed E-state index contributed by atoms with van der Waals surface area (Å²) in [5, 5.41) is 3.01. The fourth-order valence-corrected chi connectivity index (χ4v) is 6.37. The molecule has 2 aromatic rings. The quantitative estimate of drug-likeness (QED) is 0.649. The van der Waals surface area contributed by atoms with E-state index in [0.29, 0.717) is 27.1 Å². The Hall–Kier alpha value is -2.14. The Morgan fingerprint density at radius 1 is 1.18 bits per heavy atom. The lowest BCUT2D eigenvalue weighted by atomic mass is 10.1. The third-order valence-corrected chi connectivity index (χ3v) is 8.62. The van der Waals surface area contributed by atoms with Crippen LogP contribution in [0.4, 0.5) is 4.79 Å². The number of carbonyl (C=O) groups is 3. The van der Waals surface area contributed by atoms with Crippen LogP contribution in [0.15, 0.2) is 18.2 Å². The molecule has 0 aliphatic carbocycles. The SMILES string of the molecule is CN1CCc2cc(C(=O)N3C[C@H](NC(=O)c4ccc(Cl)s4)C[C@H]3COC(=O)N(C)C)sc2CC1. The number of fused-ring (bicyclic) bond motifs is 1. The normalized spacial score (nSPS) is 20.5.